The summed E-state index contributed by atoms with van der Waals surface area (Å²) in [5.74, 6) is -0.166. The number of carbonyl (C=O) groups is 4. The topological polar surface area (TPSA) is 98.8 Å². The lowest BCUT2D eigenvalue weighted by Crippen LogP contribution is -2.53. The second-order valence-corrected chi connectivity index (χ2v) is 8.17. The molecule has 2 N–H and O–H groups in total. The normalized spacial score (nSPS) is 28.1. The molecule has 8 nitrogen and oxygen atoms in total. The summed E-state index contributed by atoms with van der Waals surface area (Å²) in [5.41, 5.74) is -0.854. The summed E-state index contributed by atoms with van der Waals surface area (Å²) in [6.07, 6.45) is 3.67. The number of nitrogens with zero attached hydrogens (tertiary/aromatic N) is 2. The number of Topliss-reactive ketones (excluding diaryl/α,β-unsaturated/α-hetero) is 1. The Labute approximate surface area is 153 Å². The Morgan fingerprint density at radius 3 is 1.77 bits per heavy atom. The molecule has 0 aliphatic carbocycles. The minimum atomic E-state index is -0.496. The molecule has 0 unspecified atom stereocenters. The van der Waals surface area contributed by atoms with E-state index in [1.165, 1.54) is 0 Å². The molecule has 4 heterocycles. The second kappa shape index (κ2) is 7.08. The predicted molar refractivity (Wildman–Crippen MR) is 94.2 cm³/mol. The van der Waals surface area contributed by atoms with Crippen LogP contribution in [0.4, 0.5) is 0 Å². The third-order valence-electron chi connectivity index (χ3n) is 6.25. The van der Waals surface area contributed by atoms with Crippen LogP contribution in [0, 0.1) is 5.41 Å². The summed E-state index contributed by atoms with van der Waals surface area (Å²) in [4.78, 5) is 49.6. The van der Waals surface area contributed by atoms with Gasteiger partial charge in [-0.1, -0.05) is 0 Å². The maximum atomic E-state index is 11.6. The molecule has 0 aromatic carbocycles. The SMILES string of the molecule is CN1CCC2(CC1)CC(=O)NC2=O.CN1CCC2(CC1)NC(=O)CC2=O. The highest BCUT2D eigenvalue weighted by Crippen LogP contribution is 2.37. The van der Waals surface area contributed by atoms with Gasteiger partial charge >= 0.3 is 0 Å². The van der Waals surface area contributed by atoms with Crippen LogP contribution in [0.5, 0.6) is 0 Å². The van der Waals surface area contributed by atoms with E-state index in [1.54, 1.807) is 0 Å². The van der Waals surface area contributed by atoms with Crippen molar-refractivity contribution in [1.82, 2.24) is 20.4 Å². The van der Waals surface area contributed by atoms with Gasteiger partial charge in [-0.2, -0.15) is 0 Å². The van der Waals surface area contributed by atoms with Crippen LogP contribution in [0.1, 0.15) is 38.5 Å². The van der Waals surface area contributed by atoms with E-state index in [1.807, 2.05) is 14.1 Å². The fourth-order valence-corrected chi connectivity index (χ4v) is 4.24. The van der Waals surface area contributed by atoms with Crippen LogP contribution in [0.15, 0.2) is 0 Å². The number of rotatable bonds is 0. The van der Waals surface area contributed by atoms with Crippen molar-refractivity contribution in [3.63, 3.8) is 0 Å². The molecule has 0 radical (unpaired) electrons. The zero-order valence-corrected chi connectivity index (χ0v) is 15.6. The first-order valence-corrected chi connectivity index (χ1v) is 9.30. The molecule has 0 aromatic rings. The fraction of sp³-hybridized carbons (Fsp3) is 0.778. The van der Waals surface area contributed by atoms with Crippen LogP contribution < -0.4 is 10.6 Å². The smallest absolute Gasteiger partial charge is 0.233 e. The molecule has 0 aromatic heterocycles. The van der Waals surface area contributed by atoms with E-state index in [-0.39, 0.29) is 35.3 Å². The Kier molecular flexibility index (Phi) is 5.16. The number of carbonyl (C=O) groups excluding carboxylic acids is 4. The van der Waals surface area contributed by atoms with E-state index in [2.05, 4.69) is 20.4 Å². The highest BCUT2D eigenvalue weighted by molar-refractivity contribution is 6.10. The molecule has 26 heavy (non-hydrogen) atoms. The van der Waals surface area contributed by atoms with Crippen molar-refractivity contribution < 1.29 is 19.2 Å². The Morgan fingerprint density at radius 2 is 1.35 bits per heavy atom. The van der Waals surface area contributed by atoms with Crippen LogP contribution >= 0.6 is 0 Å². The number of amides is 3. The summed E-state index contributed by atoms with van der Waals surface area (Å²) in [5, 5.41) is 5.22. The molecule has 4 aliphatic rings. The van der Waals surface area contributed by atoms with Crippen molar-refractivity contribution in [2.75, 3.05) is 40.3 Å². The van der Waals surface area contributed by atoms with Crippen molar-refractivity contribution in [1.29, 1.82) is 0 Å². The fourth-order valence-electron chi connectivity index (χ4n) is 4.24. The van der Waals surface area contributed by atoms with Crippen molar-refractivity contribution in [2.24, 2.45) is 5.41 Å². The minimum Gasteiger partial charge on any atom is -0.343 e. The van der Waals surface area contributed by atoms with E-state index in [0.29, 0.717) is 6.42 Å². The number of nitrogens with one attached hydrogen (secondary N) is 2. The van der Waals surface area contributed by atoms with Crippen LogP contribution in [-0.4, -0.2) is 79.1 Å². The molecule has 8 heteroatoms. The van der Waals surface area contributed by atoms with Crippen molar-refractivity contribution in [3.8, 4) is 0 Å². The van der Waals surface area contributed by atoms with Gasteiger partial charge in [0, 0.05) is 19.5 Å². The van der Waals surface area contributed by atoms with Crippen molar-refractivity contribution in [3.05, 3.63) is 0 Å². The van der Waals surface area contributed by atoms with Gasteiger partial charge in [0.15, 0.2) is 5.78 Å². The minimum absolute atomic E-state index is 0.0504. The molecule has 4 saturated heterocycles. The molecule has 4 aliphatic heterocycles. The van der Waals surface area contributed by atoms with Crippen LogP contribution in [-0.2, 0) is 19.2 Å². The van der Waals surface area contributed by atoms with E-state index >= 15 is 0 Å². The van der Waals surface area contributed by atoms with Gasteiger partial charge in [-0.15, -0.1) is 0 Å². The van der Waals surface area contributed by atoms with E-state index < -0.39 is 5.54 Å². The lowest BCUT2D eigenvalue weighted by atomic mass is 9.77. The molecule has 0 atom stereocenters. The molecule has 3 amide bonds. The van der Waals surface area contributed by atoms with Crippen LogP contribution in [0.2, 0.25) is 0 Å². The number of imide groups is 1. The molecule has 2 spiro atoms. The molecule has 4 fully saturated rings. The van der Waals surface area contributed by atoms with Gasteiger partial charge in [-0.05, 0) is 52.9 Å². The molecule has 144 valence electrons. The third-order valence-corrected chi connectivity index (χ3v) is 6.25. The molecular weight excluding hydrogens is 336 g/mol. The largest absolute Gasteiger partial charge is 0.343 e. The summed E-state index contributed by atoms with van der Waals surface area (Å²) in [6.45, 7) is 3.62. The average molecular weight is 364 g/mol. The van der Waals surface area contributed by atoms with Gasteiger partial charge in [0.05, 0.1) is 11.8 Å². The maximum absolute atomic E-state index is 11.6. The van der Waals surface area contributed by atoms with Gasteiger partial charge in [-0.3, -0.25) is 24.5 Å². The number of piperidine rings is 2. The van der Waals surface area contributed by atoms with Gasteiger partial charge in [-0.25, -0.2) is 0 Å². The Morgan fingerprint density at radius 1 is 0.808 bits per heavy atom. The van der Waals surface area contributed by atoms with Gasteiger partial charge in [0.25, 0.3) is 0 Å². The van der Waals surface area contributed by atoms with Gasteiger partial charge in [0.2, 0.25) is 17.7 Å². The average Bonchev–Trinajstić information content (AvgIpc) is 3.02. The molecule has 4 rings (SSSR count). The van der Waals surface area contributed by atoms with Gasteiger partial charge in [0.1, 0.15) is 5.54 Å². The first-order chi connectivity index (χ1) is 12.2. The summed E-state index contributed by atoms with van der Waals surface area (Å²) in [6, 6.07) is 0. The first kappa shape index (κ1) is 19.0. The first-order valence-electron chi connectivity index (χ1n) is 9.30. The van der Waals surface area contributed by atoms with Crippen molar-refractivity contribution >= 4 is 23.5 Å². The van der Waals surface area contributed by atoms with E-state index in [9.17, 15) is 19.2 Å². The summed E-state index contributed by atoms with van der Waals surface area (Å²) >= 11 is 0. The zero-order valence-electron chi connectivity index (χ0n) is 15.6. The standard InChI is InChI=1S/2C9H14N2O2/c1-11-4-2-9(3-5-11)6-7(12)10-8(9)13;1-11-4-2-9(3-5-11)7(12)6-8(13)10-9/h2-6H2,1H3,(H,10,12,13);2-6H2,1H3,(H,10,13). The van der Waals surface area contributed by atoms with Crippen LogP contribution in [0.3, 0.4) is 0 Å². The van der Waals surface area contributed by atoms with E-state index in [4.69, 9.17) is 0 Å². The molecular formula is C18H28N4O4. The summed E-state index contributed by atoms with van der Waals surface area (Å²) < 4.78 is 0. The molecule has 0 bridgehead atoms. The Bertz CT molecular complexity index is 563. The van der Waals surface area contributed by atoms with Crippen molar-refractivity contribution in [2.45, 2.75) is 44.1 Å². The number of ketones is 1. The quantitative estimate of drug-likeness (QED) is 0.435. The highest BCUT2D eigenvalue weighted by atomic mass is 16.2. The lowest BCUT2D eigenvalue weighted by Gasteiger charge is -2.36. The molecule has 0 saturated carbocycles. The zero-order chi connectivity index (χ0) is 18.9. The van der Waals surface area contributed by atoms with Gasteiger partial charge < -0.3 is 15.1 Å². The number of likely N-dealkylation sites (tertiary alicyclic amines) is 2. The van der Waals surface area contributed by atoms with Crippen LogP contribution in [0.25, 0.3) is 0 Å². The lowest BCUT2D eigenvalue weighted by molar-refractivity contribution is -0.130. The highest BCUT2D eigenvalue weighted by Gasteiger charge is 2.48. The predicted octanol–water partition coefficient (Wildman–Crippen LogP) is -0.715. The van der Waals surface area contributed by atoms with E-state index in [0.717, 1.165) is 51.9 Å². The monoisotopic (exact) mass is 364 g/mol. The summed E-state index contributed by atoms with van der Waals surface area (Å²) in [7, 11) is 4.08. The third kappa shape index (κ3) is 3.66. The number of hydrogen-bond acceptors (Lipinski definition) is 6. The number of hydrogen-bond donors (Lipinski definition) is 2. The second-order valence-electron chi connectivity index (χ2n) is 8.17. The Hall–Kier alpha value is -1.80. The maximum Gasteiger partial charge on any atom is 0.233 e. The Balaban J connectivity index is 0.000000151.